The van der Waals surface area contributed by atoms with Crippen LogP contribution in [0.5, 0.6) is 0 Å². The van der Waals surface area contributed by atoms with Crippen LogP contribution < -0.4 is 16.0 Å². The lowest BCUT2D eigenvalue weighted by atomic mass is 10.0. The lowest BCUT2D eigenvalue weighted by Gasteiger charge is -2.27. The minimum atomic E-state index is -0.0229. The van der Waals surface area contributed by atoms with Gasteiger partial charge in [0.15, 0.2) is 0 Å². The van der Waals surface area contributed by atoms with Crippen molar-refractivity contribution >= 4 is 17.3 Å². The second kappa shape index (κ2) is 6.84. The van der Waals surface area contributed by atoms with Gasteiger partial charge in [-0.05, 0) is 43.2 Å². The Hall–Kier alpha value is -2.33. The smallest absolute Gasteiger partial charge is 0.253 e. The van der Waals surface area contributed by atoms with Crippen LogP contribution in [0, 0.1) is 19.8 Å². The Labute approximate surface area is 137 Å². The molecule has 0 bridgehead atoms. The van der Waals surface area contributed by atoms with Gasteiger partial charge in [-0.3, -0.25) is 4.79 Å². The SMILES string of the molecule is Cc1cccc(Nc2ccccc2C(=O)NCC2CNC2)c1C. The first kappa shape index (κ1) is 15.6. The fourth-order valence-corrected chi connectivity index (χ4v) is 2.65. The van der Waals surface area contributed by atoms with Crippen LogP contribution in [0.4, 0.5) is 11.4 Å². The zero-order valence-electron chi connectivity index (χ0n) is 13.6. The Bertz CT molecular complexity index is 708. The van der Waals surface area contributed by atoms with E-state index in [1.807, 2.05) is 36.4 Å². The van der Waals surface area contributed by atoms with Crippen LogP contribution in [0.25, 0.3) is 0 Å². The number of hydrogen-bond acceptors (Lipinski definition) is 3. The van der Waals surface area contributed by atoms with E-state index in [1.54, 1.807) is 0 Å². The molecule has 0 spiro atoms. The summed E-state index contributed by atoms with van der Waals surface area (Å²) in [5.41, 5.74) is 4.98. The van der Waals surface area contributed by atoms with Gasteiger partial charge in [0.25, 0.3) is 5.91 Å². The predicted octanol–water partition coefficient (Wildman–Crippen LogP) is 3.00. The molecule has 120 valence electrons. The number of rotatable bonds is 5. The Kier molecular flexibility index (Phi) is 4.63. The third kappa shape index (κ3) is 3.54. The highest BCUT2D eigenvalue weighted by molar-refractivity contribution is 6.00. The van der Waals surface area contributed by atoms with Crippen molar-refractivity contribution in [1.29, 1.82) is 0 Å². The van der Waals surface area contributed by atoms with Crippen molar-refractivity contribution in [2.45, 2.75) is 13.8 Å². The maximum absolute atomic E-state index is 12.5. The number of para-hydroxylation sites is 1. The van der Waals surface area contributed by atoms with E-state index in [0.29, 0.717) is 11.5 Å². The average molecular weight is 309 g/mol. The number of benzene rings is 2. The summed E-state index contributed by atoms with van der Waals surface area (Å²) in [6, 6.07) is 13.8. The van der Waals surface area contributed by atoms with E-state index in [-0.39, 0.29) is 5.91 Å². The number of amides is 1. The summed E-state index contributed by atoms with van der Waals surface area (Å²) in [5.74, 6) is 0.531. The predicted molar refractivity (Wildman–Crippen MR) is 94.3 cm³/mol. The summed E-state index contributed by atoms with van der Waals surface area (Å²) < 4.78 is 0. The van der Waals surface area contributed by atoms with Crippen LogP contribution in [-0.4, -0.2) is 25.5 Å². The molecule has 23 heavy (non-hydrogen) atoms. The molecule has 1 aliphatic heterocycles. The number of carbonyl (C=O) groups excluding carboxylic acids is 1. The number of aryl methyl sites for hydroxylation is 1. The van der Waals surface area contributed by atoms with Crippen molar-refractivity contribution < 1.29 is 4.79 Å². The highest BCUT2D eigenvalue weighted by atomic mass is 16.1. The summed E-state index contributed by atoms with van der Waals surface area (Å²) in [5, 5.41) is 9.66. The minimum absolute atomic E-state index is 0.0229. The Balaban J connectivity index is 1.77. The van der Waals surface area contributed by atoms with Gasteiger partial charge >= 0.3 is 0 Å². The van der Waals surface area contributed by atoms with Gasteiger partial charge in [0.1, 0.15) is 0 Å². The molecule has 1 aliphatic rings. The van der Waals surface area contributed by atoms with Gasteiger partial charge in [-0.15, -0.1) is 0 Å². The first-order chi connectivity index (χ1) is 11.1. The average Bonchev–Trinajstić information content (AvgIpc) is 2.51. The number of hydrogen-bond donors (Lipinski definition) is 3. The molecular weight excluding hydrogens is 286 g/mol. The molecule has 0 saturated carbocycles. The third-order valence-corrected chi connectivity index (χ3v) is 4.46. The maximum atomic E-state index is 12.5. The van der Waals surface area contributed by atoms with Gasteiger partial charge in [-0.2, -0.15) is 0 Å². The van der Waals surface area contributed by atoms with Gasteiger partial charge in [0.05, 0.1) is 11.3 Å². The monoisotopic (exact) mass is 309 g/mol. The second-order valence-corrected chi connectivity index (χ2v) is 6.15. The Morgan fingerprint density at radius 3 is 2.57 bits per heavy atom. The molecule has 1 saturated heterocycles. The first-order valence-electron chi connectivity index (χ1n) is 8.06. The first-order valence-corrected chi connectivity index (χ1v) is 8.06. The molecule has 1 fully saturated rings. The lowest BCUT2D eigenvalue weighted by Crippen LogP contribution is -2.48. The zero-order valence-corrected chi connectivity index (χ0v) is 13.6. The van der Waals surface area contributed by atoms with Crippen LogP contribution in [-0.2, 0) is 0 Å². The normalized spacial score (nSPS) is 14.2. The second-order valence-electron chi connectivity index (χ2n) is 6.15. The van der Waals surface area contributed by atoms with Gasteiger partial charge < -0.3 is 16.0 Å². The minimum Gasteiger partial charge on any atom is -0.355 e. The molecule has 4 heteroatoms. The summed E-state index contributed by atoms with van der Waals surface area (Å²) in [4.78, 5) is 12.5. The van der Waals surface area contributed by atoms with Crippen molar-refractivity contribution in [2.75, 3.05) is 25.0 Å². The van der Waals surface area contributed by atoms with E-state index in [2.05, 4.69) is 35.9 Å². The van der Waals surface area contributed by atoms with Crippen molar-refractivity contribution in [3.63, 3.8) is 0 Å². The molecule has 4 nitrogen and oxygen atoms in total. The zero-order chi connectivity index (χ0) is 16.2. The summed E-state index contributed by atoms with van der Waals surface area (Å²) >= 11 is 0. The van der Waals surface area contributed by atoms with E-state index >= 15 is 0 Å². The Morgan fingerprint density at radius 2 is 1.83 bits per heavy atom. The van der Waals surface area contributed by atoms with Gasteiger partial charge in [0.2, 0.25) is 0 Å². The fraction of sp³-hybridized carbons (Fsp3) is 0.316. The summed E-state index contributed by atoms with van der Waals surface area (Å²) in [7, 11) is 0. The van der Waals surface area contributed by atoms with E-state index in [9.17, 15) is 4.79 Å². The molecule has 3 rings (SSSR count). The topological polar surface area (TPSA) is 53.2 Å². The molecule has 1 amide bonds. The molecule has 0 radical (unpaired) electrons. The molecule has 3 N–H and O–H groups in total. The number of carbonyl (C=O) groups is 1. The van der Waals surface area contributed by atoms with Crippen LogP contribution in [0.3, 0.4) is 0 Å². The molecule has 0 unspecified atom stereocenters. The van der Waals surface area contributed by atoms with Crippen LogP contribution >= 0.6 is 0 Å². The van der Waals surface area contributed by atoms with E-state index in [1.165, 1.54) is 11.1 Å². The standard InChI is InChI=1S/C19H23N3O/c1-13-6-5-9-17(14(13)2)22-18-8-4-3-7-16(18)19(23)21-12-15-10-20-11-15/h3-9,15,20,22H,10-12H2,1-2H3,(H,21,23). The molecule has 0 aromatic heterocycles. The molecule has 0 aliphatic carbocycles. The van der Waals surface area contributed by atoms with Gasteiger partial charge in [-0.25, -0.2) is 0 Å². The van der Waals surface area contributed by atoms with E-state index < -0.39 is 0 Å². The fourth-order valence-electron chi connectivity index (χ4n) is 2.65. The van der Waals surface area contributed by atoms with Crippen LogP contribution in [0.15, 0.2) is 42.5 Å². The molecule has 2 aromatic carbocycles. The van der Waals surface area contributed by atoms with Gasteiger partial charge in [0, 0.05) is 31.2 Å². The van der Waals surface area contributed by atoms with Crippen LogP contribution in [0.1, 0.15) is 21.5 Å². The third-order valence-electron chi connectivity index (χ3n) is 4.46. The number of anilines is 2. The maximum Gasteiger partial charge on any atom is 0.253 e. The van der Waals surface area contributed by atoms with E-state index in [4.69, 9.17) is 0 Å². The molecule has 2 aromatic rings. The number of nitrogens with one attached hydrogen (secondary N) is 3. The summed E-state index contributed by atoms with van der Waals surface area (Å²) in [6.07, 6.45) is 0. The van der Waals surface area contributed by atoms with E-state index in [0.717, 1.165) is 31.0 Å². The summed E-state index contributed by atoms with van der Waals surface area (Å²) in [6.45, 7) is 6.88. The highest BCUT2D eigenvalue weighted by Crippen LogP contribution is 2.25. The van der Waals surface area contributed by atoms with Gasteiger partial charge in [-0.1, -0.05) is 24.3 Å². The molecule has 1 heterocycles. The van der Waals surface area contributed by atoms with Crippen molar-refractivity contribution in [2.24, 2.45) is 5.92 Å². The lowest BCUT2D eigenvalue weighted by molar-refractivity contribution is 0.0943. The van der Waals surface area contributed by atoms with Crippen molar-refractivity contribution in [1.82, 2.24) is 10.6 Å². The quantitative estimate of drug-likeness (QED) is 0.796. The highest BCUT2D eigenvalue weighted by Gasteiger charge is 2.18. The molecular formula is C19H23N3O. The van der Waals surface area contributed by atoms with Crippen molar-refractivity contribution in [3.8, 4) is 0 Å². The Morgan fingerprint density at radius 1 is 1.09 bits per heavy atom. The largest absolute Gasteiger partial charge is 0.355 e. The van der Waals surface area contributed by atoms with Crippen LogP contribution in [0.2, 0.25) is 0 Å². The van der Waals surface area contributed by atoms with Crippen molar-refractivity contribution in [3.05, 3.63) is 59.2 Å². The molecule has 0 atom stereocenters.